The third-order valence-electron chi connectivity index (χ3n) is 8.53. The topological polar surface area (TPSA) is 40.6 Å². The highest BCUT2D eigenvalue weighted by molar-refractivity contribution is 7.75. The Morgan fingerprint density at radius 1 is 0.800 bits per heavy atom. The first-order valence-corrected chi connectivity index (χ1v) is 19.0. The Bertz CT molecular complexity index is 924. The maximum Gasteiger partial charge on any atom is 0.355 e. The minimum atomic E-state index is -2.25. The van der Waals surface area contributed by atoms with Gasteiger partial charge in [0.2, 0.25) is 7.51 Å². The maximum atomic E-state index is 6.01. The Labute approximate surface area is 248 Å². The predicted octanol–water partition coefficient (Wildman–Crippen LogP) is 8.13. The predicted molar refractivity (Wildman–Crippen MR) is 179 cm³/mol. The Balaban J connectivity index is 1.99. The molecule has 230 valence electrons. The molecule has 9 heteroatoms. The molecule has 1 heterocycles. The molecule has 1 aromatic carbocycles. The molecule has 0 amide bonds. The summed E-state index contributed by atoms with van der Waals surface area (Å²) in [5, 5.41) is 4.14. The summed E-state index contributed by atoms with van der Waals surface area (Å²) in [4.78, 5) is 0. The van der Waals surface area contributed by atoms with Crippen molar-refractivity contribution in [2.75, 3.05) is 62.4 Å². The summed E-state index contributed by atoms with van der Waals surface area (Å²) in [5.41, 5.74) is 2.88. The van der Waals surface area contributed by atoms with Crippen molar-refractivity contribution in [3.8, 4) is 0 Å². The molecule has 1 saturated carbocycles. The summed E-state index contributed by atoms with van der Waals surface area (Å²) in [7, 11) is 11.1. The van der Waals surface area contributed by atoms with Gasteiger partial charge < -0.3 is 0 Å². The Hall–Kier alpha value is -0.360. The average molecular weight is 595 g/mol. The molecule has 1 aromatic rings. The zero-order chi connectivity index (χ0) is 29.6. The van der Waals surface area contributed by atoms with E-state index < -0.39 is 15.4 Å². The van der Waals surface area contributed by atoms with E-state index in [-0.39, 0.29) is 5.54 Å². The molecule has 1 N–H and O–H groups in total. The Kier molecular flexibility index (Phi) is 12.7. The normalized spacial score (nSPS) is 23.7. The molecule has 2 fully saturated rings. The van der Waals surface area contributed by atoms with Gasteiger partial charge in [-0.05, 0) is 68.6 Å². The van der Waals surface area contributed by atoms with E-state index >= 15 is 0 Å². The lowest BCUT2D eigenvalue weighted by Gasteiger charge is -2.49. The van der Waals surface area contributed by atoms with Crippen LogP contribution in [0, 0.1) is 0 Å². The van der Waals surface area contributed by atoms with Crippen LogP contribution < -0.4 is 5.09 Å². The smallest absolute Gasteiger partial charge is 0.251 e. The number of hydrogen-bond acceptors (Lipinski definition) is 4. The quantitative estimate of drug-likeness (QED) is 0.307. The first kappa shape index (κ1) is 34.1. The summed E-state index contributed by atoms with van der Waals surface area (Å²) in [6.45, 7) is 9.92. The lowest BCUT2D eigenvalue weighted by atomic mass is 9.86. The SMILES string of the molecule is CN1CCCN(Cc2ccc(C3CCCCCCCCC3)cc2)P1(=N[P+](N(C)C)(N(C)C)N(C)C)NC(C)(C)C. The molecule has 0 bridgehead atoms. The lowest BCUT2D eigenvalue weighted by molar-refractivity contribution is 0.313. The maximum absolute atomic E-state index is 6.01. The van der Waals surface area contributed by atoms with Gasteiger partial charge in [-0.25, -0.2) is 9.34 Å². The minimum Gasteiger partial charge on any atom is -0.251 e. The van der Waals surface area contributed by atoms with E-state index in [2.05, 4.69) is 123 Å². The van der Waals surface area contributed by atoms with Crippen LogP contribution in [-0.2, 0) is 6.54 Å². The van der Waals surface area contributed by atoms with Crippen molar-refractivity contribution in [1.29, 1.82) is 0 Å². The summed E-state index contributed by atoms with van der Waals surface area (Å²) in [5.74, 6) is 0.725. The van der Waals surface area contributed by atoms with Crippen LogP contribution in [0.3, 0.4) is 0 Å². The molecule has 40 heavy (non-hydrogen) atoms. The van der Waals surface area contributed by atoms with Crippen molar-refractivity contribution in [2.45, 2.75) is 103 Å². The Morgan fingerprint density at radius 2 is 1.30 bits per heavy atom. The molecular formula is C31H62N7P2+. The van der Waals surface area contributed by atoms with Crippen LogP contribution in [0.25, 0.3) is 0 Å². The zero-order valence-corrected chi connectivity index (χ0v) is 29.4. The van der Waals surface area contributed by atoms with Crippen LogP contribution in [0.4, 0.5) is 0 Å². The van der Waals surface area contributed by atoms with Gasteiger partial charge in [0.15, 0.2) is 0 Å². The van der Waals surface area contributed by atoms with Gasteiger partial charge in [0.05, 0.1) is 0 Å². The molecule has 1 atom stereocenters. The summed E-state index contributed by atoms with van der Waals surface area (Å²) < 4.78 is 18.3. The molecule has 0 aromatic heterocycles. The van der Waals surface area contributed by atoms with Crippen molar-refractivity contribution >= 4 is 15.4 Å². The van der Waals surface area contributed by atoms with Crippen LogP contribution in [0.2, 0.25) is 0 Å². The van der Waals surface area contributed by atoms with Gasteiger partial charge >= 0.3 is 7.87 Å². The monoisotopic (exact) mass is 594 g/mol. The molecular weight excluding hydrogens is 532 g/mol. The second-order valence-electron chi connectivity index (χ2n) is 13.7. The van der Waals surface area contributed by atoms with E-state index in [1.807, 2.05) is 0 Å². The largest absolute Gasteiger partial charge is 0.355 e. The zero-order valence-electron chi connectivity index (χ0n) is 27.7. The fourth-order valence-corrected chi connectivity index (χ4v) is 16.1. The van der Waals surface area contributed by atoms with Gasteiger partial charge in [-0.3, -0.25) is 5.09 Å². The molecule has 0 spiro atoms. The van der Waals surface area contributed by atoms with Crippen molar-refractivity contribution < 1.29 is 0 Å². The lowest BCUT2D eigenvalue weighted by Crippen LogP contribution is -2.48. The van der Waals surface area contributed by atoms with Gasteiger partial charge in [-0.1, -0.05) is 69.2 Å². The fraction of sp³-hybridized carbons (Fsp3) is 0.806. The van der Waals surface area contributed by atoms with Gasteiger partial charge in [-0.15, -0.1) is 14.0 Å². The Morgan fingerprint density at radius 3 is 1.77 bits per heavy atom. The number of benzene rings is 1. The van der Waals surface area contributed by atoms with Crippen molar-refractivity contribution in [1.82, 2.24) is 28.4 Å². The molecule has 1 saturated heterocycles. The van der Waals surface area contributed by atoms with Gasteiger partial charge in [0, 0.05) is 67.5 Å². The molecule has 0 radical (unpaired) electrons. The standard InChI is InChI=1S/C31H62N7P2/c1-31(2,3)32-39(33-40(34(4)5,35(6)7)36(8)9)37(10)25-18-26-38(39)27-28-21-23-30(24-22-28)29-19-16-14-12-11-13-15-17-20-29/h21-24,29,32H,11-20,25-27H2,1-10H3/q+1. The molecule has 1 unspecified atom stereocenters. The van der Waals surface area contributed by atoms with Crippen LogP contribution in [0.5, 0.6) is 0 Å². The second-order valence-corrected chi connectivity index (χ2v) is 20.5. The first-order chi connectivity index (χ1) is 18.8. The molecule has 1 aliphatic heterocycles. The molecule has 1 aliphatic carbocycles. The van der Waals surface area contributed by atoms with E-state index in [9.17, 15) is 0 Å². The van der Waals surface area contributed by atoms with E-state index in [0.29, 0.717) is 0 Å². The highest BCUT2D eigenvalue weighted by Crippen LogP contribution is 2.73. The third kappa shape index (κ3) is 8.38. The van der Waals surface area contributed by atoms with Crippen LogP contribution in [0.1, 0.15) is 102 Å². The summed E-state index contributed by atoms with van der Waals surface area (Å²) >= 11 is 0. The molecule has 3 rings (SSSR count). The van der Waals surface area contributed by atoms with Gasteiger partial charge in [0.25, 0.3) is 0 Å². The van der Waals surface area contributed by atoms with Crippen molar-refractivity contribution in [3.63, 3.8) is 0 Å². The van der Waals surface area contributed by atoms with E-state index in [1.165, 1.54) is 63.4 Å². The van der Waals surface area contributed by atoms with Crippen LogP contribution >= 0.6 is 15.4 Å². The third-order valence-corrected chi connectivity index (χ3v) is 17.0. The average Bonchev–Trinajstić information content (AvgIpc) is 2.87. The number of nitrogens with zero attached hydrogens (tertiary/aromatic N) is 6. The van der Waals surface area contributed by atoms with Crippen molar-refractivity contribution in [3.05, 3.63) is 35.4 Å². The minimum absolute atomic E-state index is 0.0681. The number of hydrogen-bond donors (Lipinski definition) is 1. The number of rotatable bonds is 8. The molecule has 7 nitrogen and oxygen atoms in total. The summed E-state index contributed by atoms with van der Waals surface area (Å²) in [6, 6.07) is 9.73. The van der Waals surface area contributed by atoms with Gasteiger partial charge in [0.1, 0.15) is 0 Å². The van der Waals surface area contributed by atoms with Gasteiger partial charge in [-0.2, -0.15) is 0 Å². The summed E-state index contributed by atoms with van der Waals surface area (Å²) in [6.07, 6.45) is 13.7. The number of nitrogens with one attached hydrogen (secondary N) is 1. The van der Waals surface area contributed by atoms with Crippen molar-refractivity contribution in [2.24, 2.45) is 4.52 Å². The van der Waals surface area contributed by atoms with Crippen LogP contribution in [-0.4, -0.2) is 91.3 Å². The van der Waals surface area contributed by atoms with Crippen LogP contribution in [0.15, 0.2) is 28.8 Å². The highest BCUT2D eigenvalue weighted by Gasteiger charge is 2.54. The molecule has 2 aliphatic rings. The van der Waals surface area contributed by atoms with E-state index in [1.54, 1.807) is 5.56 Å². The highest BCUT2D eigenvalue weighted by atomic mass is 31.2. The second kappa shape index (κ2) is 14.9. The first-order valence-electron chi connectivity index (χ1n) is 15.7. The van der Waals surface area contributed by atoms with E-state index in [0.717, 1.165) is 32.0 Å². The fourth-order valence-electron chi connectivity index (χ4n) is 6.64. The van der Waals surface area contributed by atoms with E-state index in [4.69, 9.17) is 4.52 Å².